The van der Waals surface area contributed by atoms with Gasteiger partial charge < -0.3 is 4.43 Å². The normalized spacial score (nSPS) is 27.0. The summed E-state index contributed by atoms with van der Waals surface area (Å²) in [4.78, 5) is 0. The van der Waals surface area contributed by atoms with Crippen LogP contribution in [0.25, 0.3) is 0 Å². The average Bonchev–Trinajstić information content (AvgIpc) is 2.38. The predicted octanol–water partition coefficient (Wildman–Crippen LogP) is 3.20. The highest BCUT2D eigenvalue weighted by Gasteiger charge is 2.26. The summed E-state index contributed by atoms with van der Waals surface area (Å²) in [5, 5.41) is 0. The third-order valence-corrected chi connectivity index (χ3v) is 5.37. The molecule has 0 radical (unpaired) electrons. The topological polar surface area (TPSA) is 9.23 Å². The van der Waals surface area contributed by atoms with Crippen LogP contribution < -0.4 is 0 Å². The van der Waals surface area contributed by atoms with Crippen LogP contribution in [0.5, 0.6) is 0 Å². The van der Waals surface area contributed by atoms with Gasteiger partial charge in [-0.25, -0.2) is 0 Å². The molecule has 0 aromatic heterocycles. The van der Waals surface area contributed by atoms with E-state index >= 15 is 0 Å². The van der Waals surface area contributed by atoms with Crippen LogP contribution in [0.2, 0.25) is 0 Å². The Kier molecular flexibility index (Phi) is 5.37. The van der Waals surface area contributed by atoms with E-state index in [1.165, 1.54) is 70.6 Å². The van der Waals surface area contributed by atoms with Gasteiger partial charge in [-0.2, -0.15) is 0 Å². The molecule has 0 aromatic carbocycles. The zero-order chi connectivity index (χ0) is 11.2. The van der Waals surface area contributed by atoms with Crippen LogP contribution in [0.3, 0.4) is 0 Å². The van der Waals surface area contributed by atoms with E-state index in [1.807, 2.05) is 0 Å². The highest BCUT2D eigenvalue weighted by atomic mass is 28.2. The molecule has 94 valence electrons. The van der Waals surface area contributed by atoms with Gasteiger partial charge in [0.15, 0.2) is 0 Å². The van der Waals surface area contributed by atoms with Crippen molar-refractivity contribution < 1.29 is 4.43 Å². The second-order valence-corrected chi connectivity index (χ2v) is 6.38. The molecule has 0 spiro atoms. The SMILES string of the molecule is [SiH3]OC(CC1CCCCC1)C1CCCCC1. The van der Waals surface area contributed by atoms with Gasteiger partial charge in [-0.15, -0.1) is 0 Å². The third kappa shape index (κ3) is 3.59. The molecule has 0 bridgehead atoms. The summed E-state index contributed by atoms with van der Waals surface area (Å²) in [6.45, 7) is 0. The first-order chi connectivity index (χ1) is 7.90. The van der Waals surface area contributed by atoms with Crippen LogP contribution in [-0.2, 0) is 4.43 Å². The minimum Gasteiger partial charge on any atom is -0.425 e. The molecule has 2 aliphatic carbocycles. The summed E-state index contributed by atoms with van der Waals surface area (Å²) in [6, 6.07) is 0. The molecule has 2 heteroatoms. The Labute approximate surface area is 104 Å². The summed E-state index contributed by atoms with van der Waals surface area (Å²) in [5.41, 5.74) is 0. The first-order valence-electron chi connectivity index (χ1n) is 7.43. The highest BCUT2D eigenvalue weighted by molar-refractivity contribution is 5.98. The summed E-state index contributed by atoms with van der Waals surface area (Å²) in [5.74, 6) is 1.91. The minimum atomic E-state index is 0.634. The summed E-state index contributed by atoms with van der Waals surface area (Å²) < 4.78 is 5.93. The summed E-state index contributed by atoms with van der Waals surface area (Å²) in [7, 11) is 0.936. The van der Waals surface area contributed by atoms with Gasteiger partial charge in [0.05, 0.1) is 0 Å². The predicted molar refractivity (Wildman–Crippen MR) is 72.6 cm³/mol. The second kappa shape index (κ2) is 6.80. The highest BCUT2D eigenvalue weighted by Crippen LogP contribution is 2.34. The maximum absolute atomic E-state index is 5.93. The molecule has 0 aromatic rings. The van der Waals surface area contributed by atoms with E-state index in [2.05, 4.69) is 0 Å². The Hall–Kier alpha value is 0.177. The van der Waals surface area contributed by atoms with Gasteiger partial charge in [-0.1, -0.05) is 51.4 Å². The Morgan fingerprint density at radius 3 is 2.00 bits per heavy atom. The van der Waals surface area contributed by atoms with E-state index in [0.29, 0.717) is 6.10 Å². The Morgan fingerprint density at radius 1 is 0.875 bits per heavy atom. The zero-order valence-corrected chi connectivity index (χ0v) is 12.9. The smallest absolute Gasteiger partial charge is 0.146 e. The van der Waals surface area contributed by atoms with Gasteiger partial charge in [0, 0.05) is 6.10 Å². The van der Waals surface area contributed by atoms with Crippen molar-refractivity contribution in [3.05, 3.63) is 0 Å². The van der Waals surface area contributed by atoms with E-state index in [1.54, 1.807) is 0 Å². The lowest BCUT2D eigenvalue weighted by Crippen LogP contribution is -2.28. The molecular weight excluding hydrogens is 212 g/mol. The quantitative estimate of drug-likeness (QED) is 0.686. The van der Waals surface area contributed by atoms with Crippen LogP contribution >= 0.6 is 0 Å². The lowest BCUT2D eigenvalue weighted by Gasteiger charge is -2.33. The fraction of sp³-hybridized carbons (Fsp3) is 1.00. The monoisotopic (exact) mass is 240 g/mol. The Balaban J connectivity index is 1.78. The molecule has 1 atom stereocenters. The zero-order valence-electron chi connectivity index (χ0n) is 10.9. The van der Waals surface area contributed by atoms with Gasteiger partial charge in [-0.05, 0) is 31.1 Å². The third-order valence-electron chi connectivity index (χ3n) is 4.77. The summed E-state index contributed by atoms with van der Waals surface area (Å²) in [6.07, 6.45) is 16.7. The second-order valence-electron chi connectivity index (χ2n) is 5.91. The molecule has 0 amide bonds. The van der Waals surface area contributed by atoms with Crippen molar-refractivity contribution in [1.82, 2.24) is 0 Å². The van der Waals surface area contributed by atoms with Crippen LogP contribution in [-0.4, -0.2) is 16.6 Å². The molecule has 2 fully saturated rings. The molecule has 0 aliphatic heterocycles. The minimum absolute atomic E-state index is 0.634. The maximum Gasteiger partial charge on any atom is 0.146 e. The fourth-order valence-electron chi connectivity index (χ4n) is 3.74. The lowest BCUT2D eigenvalue weighted by molar-refractivity contribution is 0.0853. The molecule has 2 rings (SSSR count). The van der Waals surface area contributed by atoms with Crippen molar-refractivity contribution in [2.75, 3.05) is 0 Å². The fourth-order valence-corrected chi connectivity index (χ4v) is 4.32. The van der Waals surface area contributed by atoms with E-state index < -0.39 is 0 Å². The van der Waals surface area contributed by atoms with Crippen molar-refractivity contribution in [2.45, 2.75) is 76.7 Å². The van der Waals surface area contributed by atoms with Crippen LogP contribution in [0.15, 0.2) is 0 Å². The van der Waals surface area contributed by atoms with E-state index in [9.17, 15) is 0 Å². The molecule has 0 N–H and O–H groups in total. The number of rotatable bonds is 4. The van der Waals surface area contributed by atoms with Gasteiger partial charge in [0.1, 0.15) is 10.5 Å². The molecule has 2 aliphatic rings. The average molecular weight is 240 g/mol. The first kappa shape index (κ1) is 12.6. The van der Waals surface area contributed by atoms with Crippen LogP contribution in [0.4, 0.5) is 0 Å². The lowest BCUT2D eigenvalue weighted by atomic mass is 9.78. The van der Waals surface area contributed by atoms with Gasteiger partial charge in [0.25, 0.3) is 0 Å². The van der Waals surface area contributed by atoms with Gasteiger partial charge in [0.2, 0.25) is 0 Å². The van der Waals surface area contributed by atoms with Crippen molar-refractivity contribution in [3.63, 3.8) is 0 Å². The van der Waals surface area contributed by atoms with E-state index in [0.717, 1.165) is 22.3 Å². The standard InChI is InChI=1S/C14H28OSi/c16-15-14(13-9-5-2-6-10-13)11-12-7-3-1-4-8-12/h12-14H,1-11H2,16H3. The molecule has 0 heterocycles. The van der Waals surface area contributed by atoms with Gasteiger partial charge in [-0.3, -0.25) is 0 Å². The van der Waals surface area contributed by atoms with Crippen molar-refractivity contribution in [2.24, 2.45) is 11.8 Å². The number of hydrogen-bond acceptors (Lipinski definition) is 1. The molecule has 1 nitrogen and oxygen atoms in total. The Morgan fingerprint density at radius 2 is 1.44 bits per heavy atom. The van der Waals surface area contributed by atoms with E-state index in [4.69, 9.17) is 4.43 Å². The first-order valence-corrected chi connectivity index (χ1v) is 8.24. The maximum atomic E-state index is 5.93. The largest absolute Gasteiger partial charge is 0.425 e. The van der Waals surface area contributed by atoms with Crippen LogP contribution in [0.1, 0.15) is 70.6 Å². The van der Waals surface area contributed by atoms with Gasteiger partial charge >= 0.3 is 0 Å². The van der Waals surface area contributed by atoms with Crippen molar-refractivity contribution >= 4 is 10.5 Å². The van der Waals surface area contributed by atoms with Crippen molar-refractivity contribution in [1.29, 1.82) is 0 Å². The Bertz CT molecular complexity index is 183. The number of hydrogen-bond donors (Lipinski definition) is 0. The van der Waals surface area contributed by atoms with Crippen LogP contribution in [0, 0.1) is 11.8 Å². The summed E-state index contributed by atoms with van der Waals surface area (Å²) >= 11 is 0. The molecule has 2 saturated carbocycles. The van der Waals surface area contributed by atoms with E-state index in [-0.39, 0.29) is 0 Å². The molecule has 1 unspecified atom stereocenters. The molecular formula is C14H28OSi. The van der Waals surface area contributed by atoms with Crippen molar-refractivity contribution in [3.8, 4) is 0 Å². The molecule has 0 saturated heterocycles. The molecule has 16 heavy (non-hydrogen) atoms.